The maximum atomic E-state index is 12.3. The zero-order valence-electron chi connectivity index (χ0n) is 9.18. The predicted molar refractivity (Wildman–Crippen MR) is 63.3 cm³/mol. The predicted octanol–water partition coefficient (Wildman–Crippen LogP) is 0.472. The molecule has 0 atom stereocenters. The third kappa shape index (κ3) is 4.41. The maximum absolute atomic E-state index is 12.3. The van der Waals surface area contributed by atoms with Gasteiger partial charge in [-0.2, -0.15) is 13.2 Å². The highest BCUT2D eigenvalue weighted by Crippen LogP contribution is 2.19. The first-order chi connectivity index (χ1) is 8.33. The molecular formula is C9H11F3N4OS. The zero-order chi connectivity index (χ0) is 13.8. The van der Waals surface area contributed by atoms with Gasteiger partial charge in [0.2, 0.25) is 0 Å². The molecule has 0 spiro atoms. The first-order valence-corrected chi connectivity index (χ1v) is 5.28. The van der Waals surface area contributed by atoms with E-state index in [1.54, 1.807) is 0 Å². The topological polar surface area (TPSA) is 75.3 Å². The Balaban J connectivity index is 2.88. The van der Waals surface area contributed by atoms with Crippen LogP contribution in [0, 0.1) is 0 Å². The third-order valence-electron chi connectivity index (χ3n) is 1.95. The van der Waals surface area contributed by atoms with E-state index in [2.05, 4.69) is 22.2 Å². The van der Waals surface area contributed by atoms with Crippen molar-refractivity contribution < 1.29 is 18.3 Å². The van der Waals surface area contributed by atoms with E-state index in [-0.39, 0.29) is 23.0 Å². The number of thiocarbonyl (C=S) groups is 1. The van der Waals surface area contributed by atoms with Crippen molar-refractivity contribution in [2.75, 3.05) is 24.6 Å². The third-order valence-corrected chi connectivity index (χ3v) is 2.16. The van der Waals surface area contributed by atoms with Crippen molar-refractivity contribution in [3.05, 3.63) is 18.1 Å². The fraction of sp³-hybridized carbons (Fsp3) is 0.444. The van der Waals surface area contributed by atoms with Crippen LogP contribution in [0.25, 0.3) is 0 Å². The summed E-state index contributed by atoms with van der Waals surface area (Å²) in [5.41, 5.74) is 5.52. The molecule has 18 heavy (non-hydrogen) atoms. The fourth-order valence-electron chi connectivity index (χ4n) is 1.22. The van der Waals surface area contributed by atoms with Gasteiger partial charge in [0, 0.05) is 6.54 Å². The van der Waals surface area contributed by atoms with Crippen molar-refractivity contribution in [2.24, 2.45) is 5.73 Å². The minimum Gasteiger partial charge on any atom is -0.395 e. The molecule has 1 rings (SSSR count). The summed E-state index contributed by atoms with van der Waals surface area (Å²) in [6.07, 6.45) is -2.06. The van der Waals surface area contributed by atoms with Gasteiger partial charge in [0.1, 0.15) is 23.0 Å². The van der Waals surface area contributed by atoms with Gasteiger partial charge in [0.15, 0.2) is 0 Å². The largest absolute Gasteiger partial charge is 0.405 e. The summed E-state index contributed by atoms with van der Waals surface area (Å²) in [4.78, 5) is 8.46. The van der Waals surface area contributed by atoms with Crippen LogP contribution in [-0.2, 0) is 0 Å². The number of aromatic nitrogens is 2. The van der Waals surface area contributed by atoms with Gasteiger partial charge in [-0.15, -0.1) is 0 Å². The number of anilines is 1. The molecule has 0 aliphatic rings. The number of alkyl halides is 3. The van der Waals surface area contributed by atoms with Crippen LogP contribution in [0.2, 0.25) is 0 Å². The molecule has 0 bridgehead atoms. The van der Waals surface area contributed by atoms with Crippen LogP contribution >= 0.6 is 12.2 Å². The lowest BCUT2D eigenvalue weighted by molar-refractivity contribution is -0.120. The summed E-state index contributed by atoms with van der Waals surface area (Å²) in [5, 5.41) is 8.74. The molecular weight excluding hydrogens is 269 g/mol. The number of halogens is 3. The zero-order valence-corrected chi connectivity index (χ0v) is 10.0. The molecule has 0 unspecified atom stereocenters. The highest BCUT2D eigenvalue weighted by atomic mass is 32.1. The standard InChI is InChI=1S/C9H11F3N4OS/c10-9(11,12)5-16(1-2-17)7-4-14-6(3-15-7)8(13)18/h3-4,17H,1-2,5H2,(H2,13,18). The van der Waals surface area contributed by atoms with Crippen molar-refractivity contribution in [3.8, 4) is 0 Å². The number of hydrogen-bond donors (Lipinski definition) is 2. The monoisotopic (exact) mass is 280 g/mol. The molecule has 3 N–H and O–H groups in total. The van der Waals surface area contributed by atoms with E-state index in [0.29, 0.717) is 0 Å². The lowest BCUT2D eigenvalue weighted by Gasteiger charge is -2.23. The van der Waals surface area contributed by atoms with Gasteiger partial charge in [0.25, 0.3) is 0 Å². The molecule has 5 nitrogen and oxygen atoms in total. The molecule has 0 fully saturated rings. The van der Waals surface area contributed by atoms with Crippen LogP contribution in [0.3, 0.4) is 0 Å². The molecule has 0 aliphatic carbocycles. The van der Waals surface area contributed by atoms with E-state index >= 15 is 0 Å². The fourth-order valence-corrected chi connectivity index (χ4v) is 1.33. The Labute approximate surface area is 106 Å². The average Bonchev–Trinajstić information content (AvgIpc) is 2.27. The van der Waals surface area contributed by atoms with Crippen molar-refractivity contribution >= 4 is 23.0 Å². The molecule has 0 amide bonds. The van der Waals surface area contributed by atoms with Crippen LogP contribution in [0.5, 0.6) is 0 Å². The second kappa shape index (κ2) is 5.91. The minimum absolute atomic E-state index is 0.00127. The van der Waals surface area contributed by atoms with E-state index in [1.807, 2.05) is 0 Å². The summed E-state index contributed by atoms with van der Waals surface area (Å²) in [5.74, 6) is 0.00127. The first-order valence-electron chi connectivity index (χ1n) is 4.88. The Kier molecular flexibility index (Phi) is 4.79. The van der Waals surface area contributed by atoms with Crippen molar-refractivity contribution in [1.82, 2.24) is 9.97 Å². The van der Waals surface area contributed by atoms with Gasteiger partial charge < -0.3 is 15.7 Å². The van der Waals surface area contributed by atoms with E-state index in [4.69, 9.17) is 10.8 Å². The second-order valence-electron chi connectivity index (χ2n) is 3.38. The molecule has 0 aromatic carbocycles. The highest BCUT2D eigenvalue weighted by Gasteiger charge is 2.31. The molecule has 100 valence electrons. The summed E-state index contributed by atoms with van der Waals surface area (Å²) < 4.78 is 36.9. The summed E-state index contributed by atoms with van der Waals surface area (Å²) in [6, 6.07) is 0. The van der Waals surface area contributed by atoms with Crippen molar-refractivity contribution in [1.29, 1.82) is 0 Å². The molecule has 0 saturated heterocycles. The molecule has 1 aromatic rings. The Morgan fingerprint density at radius 2 is 2.06 bits per heavy atom. The SMILES string of the molecule is NC(=S)c1cnc(N(CCO)CC(F)(F)F)cn1. The van der Waals surface area contributed by atoms with Gasteiger partial charge in [-0.25, -0.2) is 9.97 Å². The van der Waals surface area contributed by atoms with Crippen LogP contribution in [0.15, 0.2) is 12.4 Å². The van der Waals surface area contributed by atoms with Crippen molar-refractivity contribution in [3.63, 3.8) is 0 Å². The van der Waals surface area contributed by atoms with Crippen LogP contribution in [-0.4, -0.2) is 45.9 Å². The number of nitrogens with zero attached hydrogens (tertiary/aromatic N) is 3. The Hall–Kier alpha value is -1.48. The van der Waals surface area contributed by atoms with E-state index < -0.39 is 19.3 Å². The van der Waals surface area contributed by atoms with Gasteiger partial charge in [0.05, 0.1) is 19.0 Å². The van der Waals surface area contributed by atoms with Gasteiger partial charge >= 0.3 is 6.18 Å². The van der Waals surface area contributed by atoms with Crippen molar-refractivity contribution in [2.45, 2.75) is 6.18 Å². The van der Waals surface area contributed by atoms with Crippen LogP contribution in [0.4, 0.5) is 19.0 Å². The number of aliphatic hydroxyl groups excluding tert-OH is 1. The van der Waals surface area contributed by atoms with Gasteiger partial charge in [-0.05, 0) is 0 Å². The Morgan fingerprint density at radius 1 is 1.39 bits per heavy atom. The van der Waals surface area contributed by atoms with E-state index in [1.165, 1.54) is 6.20 Å². The lowest BCUT2D eigenvalue weighted by atomic mass is 10.4. The van der Waals surface area contributed by atoms with E-state index in [9.17, 15) is 13.2 Å². The number of hydrogen-bond acceptors (Lipinski definition) is 5. The van der Waals surface area contributed by atoms with Crippen LogP contribution < -0.4 is 10.6 Å². The molecule has 9 heteroatoms. The van der Waals surface area contributed by atoms with Crippen LogP contribution in [0.1, 0.15) is 5.69 Å². The minimum atomic E-state index is -4.39. The number of aliphatic hydroxyl groups is 1. The molecule has 0 radical (unpaired) electrons. The normalized spacial score (nSPS) is 11.3. The first kappa shape index (κ1) is 14.6. The molecule has 1 heterocycles. The second-order valence-corrected chi connectivity index (χ2v) is 3.82. The summed E-state index contributed by atoms with van der Waals surface area (Å²) in [7, 11) is 0. The highest BCUT2D eigenvalue weighted by molar-refractivity contribution is 7.80. The Morgan fingerprint density at radius 3 is 2.44 bits per heavy atom. The maximum Gasteiger partial charge on any atom is 0.405 e. The summed E-state index contributed by atoms with van der Waals surface area (Å²) >= 11 is 4.65. The molecule has 0 saturated carbocycles. The van der Waals surface area contributed by atoms with Gasteiger partial charge in [-0.1, -0.05) is 12.2 Å². The molecule has 1 aromatic heterocycles. The van der Waals surface area contributed by atoms with E-state index in [0.717, 1.165) is 11.1 Å². The quantitative estimate of drug-likeness (QED) is 0.764. The number of nitrogens with two attached hydrogens (primary N) is 1. The smallest absolute Gasteiger partial charge is 0.395 e. The van der Waals surface area contributed by atoms with Gasteiger partial charge in [-0.3, -0.25) is 0 Å². The average molecular weight is 280 g/mol. The molecule has 0 aliphatic heterocycles. The number of rotatable bonds is 5. The summed E-state index contributed by atoms with van der Waals surface area (Å²) in [6.45, 7) is -1.83. The lowest BCUT2D eigenvalue weighted by Crippen LogP contribution is -2.37. The Bertz CT molecular complexity index is 409.